The van der Waals surface area contributed by atoms with Gasteiger partial charge in [0.15, 0.2) is 0 Å². The van der Waals surface area contributed by atoms with E-state index >= 15 is 0 Å². The van der Waals surface area contributed by atoms with Crippen LogP contribution in [-0.2, 0) is 0 Å². The van der Waals surface area contributed by atoms with Crippen molar-refractivity contribution in [2.24, 2.45) is 0 Å². The minimum Gasteiger partial charge on any atom is -0.351 e. The summed E-state index contributed by atoms with van der Waals surface area (Å²) in [5.41, 5.74) is 0. The summed E-state index contributed by atoms with van der Waals surface area (Å²) in [7, 11) is 0. The van der Waals surface area contributed by atoms with E-state index in [0.717, 1.165) is 4.43 Å². The van der Waals surface area contributed by atoms with E-state index in [0.29, 0.717) is 16.4 Å². The third kappa shape index (κ3) is 2.60. The molecule has 1 aromatic rings. The molecule has 0 aliphatic carbocycles. The normalized spacial score (nSPS) is 9.83. The molecule has 1 heterocycles. The van der Waals surface area contributed by atoms with Gasteiger partial charge in [0.2, 0.25) is 0 Å². The predicted octanol–water partition coefficient (Wildman–Crippen LogP) is 2.57. The number of alkyl halides is 1. The molecule has 0 aliphatic rings. The molecule has 66 valence electrons. The number of halogens is 2. The first-order valence-electron chi connectivity index (χ1n) is 3.33. The average molecular weight is 316 g/mol. The molecule has 0 radical (unpaired) electrons. The van der Waals surface area contributed by atoms with Crippen LogP contribution in [-0.4, -0.2) is 16.9 Å². The molecule has 0 unspecified atom stereocenters. The predicted molar refractivity (Wildman–Crippen MR) is 60.5 cm³/mol. The Morgan fingerprint density at radius 3 is 3.00 bits per heavy atom. The summed E-state index contributed by atoms with van der Waals surface area (Å²) in [6.07, 6.45) is 0. The van der Waals surface area contributed by atoms with Gasteiger partial charge >= 0.3 is 0 Å². The summed E-state index contributed by atoms with van der Waals surface area (Å²) in [6.45, 7) is 0.688. The van der Waals surface area contributed by atoms with Gasteiger partial charge in [0.1, 0.15) is 4.88 Å². The lowest BCUT2D eigenvalue weighted by Crippen LogP contribution is -2.24. The van der Waals surface area contributed by atoms with Gasteiger partial charge in [0.05, 0.1) is 5.02 Å². The summed E-state index contributed by atoms with van der Waals surface area (Å²) in [6, 6.07) is 1.73. The van der Waals surface area contributed by atoms with Gasteiger partial charge in [-0.3, -0.25) is 4.79 Å². The summed E-state index contributed by atoms with van der Waals surface area (Å²) in [5.74, 6) is -0.0772. The number of amides is 1. The van der Waals surface area contributed by atoms with E-state index in [1.807, 2.05) is 0 Å². The molecule has 0 saturated carbocycles. The Balaban J connectivity index is 2.59. The number of rotatable bonds is 3. The molecular weight excluding hydrogens is 309 g/mol. The molecule has 2 nitrogen and oxygen atoms in total. The van der Waals surface area contributed by atoms with Crippen LogP contribution in [0.5, 0.6) is 0 Å². The van der Waals surface area contributed by atoms with Gasteiger partial charge in [-0.25, -0.2) is 0 Å². The van der Waals surface area contributed by atoms with Crippen molar-refractivity contribution in [2.45, 2.75) is 0 Å². The highest BCUT2D eigenvalue weighted by Gasteiger charge is 2.09. The second kappa shape index (κ2) is 5.04. The third-order valence-electron chi connectivity index (χ3n) is 1.20. The summed E-state index contributed by atoms with van der Waals surface area (Å²) in [5, 5.41) is 5.10. The first-order chi connectivity index (χ1) is 5.75. The lowest BCUT2D eigenvalue weighted by atomic mass is 10.4. The van der Waals surface area contributed by atoms with E-state index in [1.54, 1.807) is 11.4 Å². The van der Waals surface area contributed by atoms with Gasteiger partial charge < -0.3 is 5.32 Å². The molecule has 1 aromatic heterocycles. The molecular formula is C7H7ClINOS. The Labute approximate surface area is 93.4 Å². The molecule has 5 heteroatoms. The summed E-state index contributed by atoms with van der Waals surface area (Å²) < 4.78 is 0.909. The number of carbonyl (C=O) groups is 1. The van der Waals surface area contributed by atoms with Crippen molar-refractivity contribution in [3.63, 3.8) is 0 Å². The van der Waals surface area contributed by atoms with Crippen LogP contribution < -0.4 is 5.32 Å². The Morgan fingerprint density at radius 1 is 1.75 bits per heavy atom. The molecule has 1 rings (SSSR count). The molecule has 0 atom stereocenters. The fourth-order valence-corrected chi connectivity index (χ4v) is 2.02. The SMILES string of the molecule is O=C(NCCI)c1sccc1Cl. The van der Waals surface area contributed by atoms with E-state index in [9.17, 15) is 4.79 Å². The Hall–Kier alpha value is 0.190. The Morgan fingerprint density at radius 2 is 2.50 bits per heavy atom. The van der Waals surface area contributed by atoms with Crippen LogP contribution in [0.2, 0.25) is 5.02 Å². The zero-order valence-corrected chi connectivity index (χ0v) is 9.87. The number of nitrogens with one attached hydrogen (secondary N) is 1. The summed E-state index contributed by atoms with van der Waals surface area (Å²) in [4.78, 5) is 11.9. The van der Waals surface area contributed by atoms with Crippen LogP contribution in [0.15, 0.2) is 11.4 Å². The van der Waals surface area contributed by atoms with Gasteiger partial charge in [-0.2, -0.15) is 0 Å². The van der Waals surface area contributed by atoms with Crippen molar-refractivity contribution in [3.05, 3.63) is 21.3 Å². The summed E-state index contributed by atoms with van der Waals surface area (Å²) >= 11 is 9.33. The number of hydrogen-bond donors (Lipinski definition) is 1. The smallest absolute Gasteiger partial charge is 0.262 e. The molecule has 12 heavy (non-hydrogen) atoms. The standard InChI is InChI=1S/C7H7ClINOS/c8-5-1-4-12-6(5)7(11)10-3-2-9/h1,4H,2-3H2,(H,10,11). The second-order valence-corrected chi connectivity index (χ2v) is 4.44. The van der Waals surface area contributed by atoms with Crippen LogP contribution in [0.3, 0.4) is 0 Å². The highest BCUT2D eigenvalue weighted by Crippen LogP contribution is 2.21. The van der Waals surface area contributed by atoms with Gasteiger partial charge in [-0.15, -0.1) is 11.3 Å². The fourth-order valence-electron chi connectivity index (χ4n) is 0.697. The first kappa shape index (κ1) is 10.3. The zero-order valence-electron chi connectivity index (χ0n) is 6.14. The quantitative estimate of drug-likeness (QED) is 0.674. The number of hydrogen-bond acceptors (Lipinski definition) is 2. The maximum absolute atomic E-state index is 11.3. The average Bonchev–Trinajstić information content (AvgIpc) is 2.47. The number of carbonyl (C=O) groups excluding carboxylic acids is 1. The van der Waals surface area contributed by atoms with Crippen LogP contribution in [0.4, 0.5) is 0 Å². The van der Waals surface area contributed by atoms with Crippen LogP contribution in [0.1, 0.15) is 9.67 Å². The zero-order chi connectivity index (χ0) is 8.97. The minimum atomic E-state index is -0.0772. The molecule has 1 amide bonds. The molecule has 0 spiro atoms. The lowest BCUT2D eigenvalue weighted by Gasteiger charge is -1.99. The maximum atomic E-state index is 11.3. The highest BCUT2D eigenvalue weighted by molar-refractivity contribution is 14.1. The lowest BCUT2D eigenvalue weighted by molar-refractivity contribution is 0.0960. The largest absolute Gasteiger partial charge is 0.351 e. The van der Waals surface area contributed by atoms with Gasteiger partial charge in [0.25, 0.3) is 5.91 Å². The van der Waals surface area contributed by atoms with E-state index in [4.69, 9.17) is 11.6 Å². The maximum Gasteiger partial charge on any atom is 0.262 e. The first-order valence-corrected chi connectivity index (χ1v) is 6.11. The van der Waals surface area contributed by atoms with Crippen LogP contribution in [0, 0.1) is 0 Å². The third-order valence-corrected chi connectivity index (χ3v) is 3.08. The topological polar surface area (TPSA) is 29.1 Å². The molecule has 0 fully saturated rings. The monoisotopic (exact) mass is 315 g/mol. The molecule has 0 bridgehead atoms. The van der Waals surface area contributed by atoms with E-state index < -0.39 is 0 Å². The number of thiophene rings is 1. The van der Waals surface area contributed by atoms with E-state index in [2.05, 4.69) is 27.9 Å². The molecule has 0 saturated heterocycles. The fraction of sp³-hybridized carbons (Fsp3) is 0.286. The van der Waals surface area contributed by atoms with Crippen molar-refractivity contribution in [3.8, 4) is 0 Å². The van der Waals surface area contributed by atoms with Crippen molar-refractivity contribution >= 4 is 51.4 Å². The van der Waals surface area contributed by atoms with Crippen LogP contribution >= 0.6 is 45.5 Å². The Bertz CT molecular complexity index is 276. The molecule has 0 aromatic carbocycles. The van der Waals surface area contributed by atoms with E-state index in [-0.39, 0.29) is 5.91 Å². The highest BCUT2D eigenvalue weighted by atomic mass is 127. The van der Waals surface area contributed by atoms with E-state index in [1.165, 1.54) is 11.3 Å². The second-order valence-electron chi connectivity index (χ2n) is 2.04. The van der Waals surface area contributed by atoms with Crippen LogP contribution in [0.25, 0.3) is 0 Å². The van der Waals surface area contributed by atoms with Crippen molar-refractivity contribution in [1.82, 2.24) is 5.32 Å². The Kier molecular flexibility index (Phi) is 4.31. The van der Waals surface area contributed by atoms with Gasteiger partial charge in [0, 0.05) is 11.0 Å². The van der Waals surface area contributed by atoms with Crippen molar-refractivity contribution in [2.75, 3.05) is 11.0 Å². The minimum absolute atomic E-state index is 0.0772. The van der Waals surface area contributed by atoms with Gasteiger partial charge in [-0.05, 0) is 11.4 Å². The van der Waals surface area contributed by atoms with Gasteiger partial charge in [-0.1, -0.05) is 34.2 Å². The van der Waals surface area contributed by atoms with Crippen molar-refractivity contribution < 1.29 is 4.79 Å². The molecule has 1 N–H and O–H groups in total. The molecule has 0 aliphatic heterocycles. The van der Waals surface area contributed by atoms with Crippen molar-refractivity contribution in [1.29, 1.82) is 0 Å².